The molecule has 1 aromatic rings. The summed E-state index contributed by atoms with van der Waals surface area (Å²) in [7, 11) is 0. The summed E-state index contributed by atoms with van der Waals surface area (Å²) < 4.78 is 5.59. The smallest absolute Gasteiger partial charge is 0.293 e. The summed E-state index contributed by atoms with van der Waals surface area (Å²) in [5.74, 6) is 0. The zero-order chi connectivity index (χ0) is 10.6. The van der Waals surface area contributed by atoms with Crippen LogP contribution in [-0.2, 0) is 9.53 Å². The molecule has 0 saturated carbocycles. The molecule has 0 aliphatic heterocycles. The SMILES string of the molecule is CC(OC=O)C(O)c1ccc(Br)cc1. The highest BCUT2D eigenvalue weighted by Crippen LogP contribution is 2.20. The van der Waals surface area contributed by atoms with Gasteiger partial charge in [0, 0.05) is 4.47 Å². The lowest BCUT2D eigenvalue weighted by molar-refractivity contribution is -0.138. The molecular weight excluding hydrogens is 248 g/mol. The minimum absolute atomic E-state index is 0.340. The van der Waals surface area contributed by atoms with Gasteiger partial charge in [0.25, 0.3) is 6.47 Å². The molecule has 1 rings (SSSR count). The highest BCUT2D eigenvalue weighted by molar-refractivity contribution is 9.10. The van der Waals surface area contributed by atoms with Crippen LogP contribution in [0.15, 0.2) is 28.7 Å². The molecule has 76 valence electrons. The third kappa shape index (κ3) is 2.82. The van der Waals surface area contributed by atoms with Crippen LogP contribution in [-0.4, -0.2) is 17.7 Å². The van der Waals surface area contributed by atoms with E-state index in [0.29, 0.717) is 6.47 Å². The molecule has 4 heteroatoms. The van der Waals surface area contributed by atoms with Crippen molar-refractivity contribution < 1.29 is 14.6 Å². The average molecular weight is 259 g/mol. The van der Waals surface area contributed by atoms with Crippen LogP contribution < -0.4 is 0 Å². The number of benzene rings is 1. The van der Waals surface area contributed by atoms with Crippen LogP contribution in [0.25, 0.3) is 0 Å². The minimum atomic E-state index is -0.784. The van der Waals surface area contributed by atoms with Crippen LogP contribution in [0, 0.1) is 0 Å². The van der Waals surface area contributed by atoms with E-state index in [4.69, 9.17) is 0 Å². The molecule has 0 radical (unpaired) electrons. The maximum atomic E-state index is 10.1. The second kappa shape index (κ2) is 5.12. The number of aliphatic hydroxyl groups is 1. The molecule has 2 atom stereocenters. The lowest BCUT2D eigenvalue weighted by Gasteiger charge is -2.17. The van der Waals surface area contributed by atoms with E-state index in [0.717, 1.165) is 10.0 Å². The highest BCUT2D eigenvalue weighted by Gasteiger charge is 2.16. The van der Waals surface area contributed by atoms with Crippen molar-refractivity contribution in [2.24, 2.45) is 0 Å². The van der Waals surface area contributed by atoms with Gasteiger partial charge < -0.3 is 9.84 Å². The van der Waals surface area contributed by atoms with E-state index in [-0.39, 0.29) is 0 Å². The monoisotopic (exact) mass is 258 g/mol. The summed E-state index contributed by atoms with van der Waals surface area (Å²) in [6.45, 7) is 1.98. The second-order valence-corrected chi connectivity index (χ2v) is 3.85. The first-order chi connectivity index (χ1) is 6.65. The molecule has 0 saturated heterocycles. The fourth-order valence-corrected chi connectivity index (χ4v) is 1.36. The molecule has 0 aromatic heterocycles. The van der Waals surface area contributed by atoms with Gasteiger partial charge in [-0.15, -0.1) is 0 Å². The first-order valence-corrected chi connectivity index (χ1v) is 4.97. The van der Waals surface area contributed by atoms with E-state index in [9.17, 15) is 9.90 Å². The predicted octanol–water partition coefficient (Wildman–Crippen LogP) is 2.04. The van der Waals surface area contributed by atoms with Crippen LogP contribution in [0.4, 0.5) is 0 Å². The quantitative estimate of drug-likeness (QED) is 0.841. The standard InChI is InChI=1S/C10H11BrO3/c1-7(14-6-12)10(13)8-2-4-9(11)5-3-8/h2-7,10,13H,1H3. The number of aliphatic hydroxyl groups excluding tert-OH is 1. The minimum Gasteiger partial charge on any atom is -0.462 e. The van der Waals surface area contributed by atoms with Crippen molar-refractivity contribution in [1.29, 1.82) is 0 Å². The molecule has 1 aromatic carbocycles. The molecule has 0 aliphatic carbocycles. The first kappa shape index (κ1) is 11.2. The summed E-state index contributed by atoms with van der Waals surface area (Å²) in [6, 6.07) is 7.21. The Kier molecular flexibility index (Phi) is 4.10. The lowest BCUT2D eigenvalue weighted by atomic mass is 10.1. The van der Waals surface area contributed by atoms with Gasteiger partial charge in [-0.05, 0) is 24.6 Å². The topological polar surface area (TPSA) is 46.5 Å². The Morgan fingerprint density at radius 1 is 1.43 bits per heavy atom. The van der Waals surface area contributed by atoms with Crippen molar-refractivity contribution in [3.8, 4) is 0 Å². The zero-order valence-corrected chi connectivity index (χ0v) is 9.27. The first-order valence-electron chi connectivity index (χ1n) is 4.18. The van der Waals surface area contributed by atoms with Crippen molar-refractivity contribution in [2.75, 3.05) is 0 Å². The van der Waals surface area contributed by atoms with Gasteiger partial charge in [0.15, 0.2) is 0 Å². The number of carbonyl (C=O) groups is 1. The van der Waals surface area contributed by atoms with Crippen LogP contribution >= 0.6 is 15.9 Å². The van der Waals surface area contributed by atoms with E-state index in [1.807, 2.05) is 12.1 Å². The Morgan fingerprint density at radius 3 is 2.50 bits per heavy atom. The van der Waals surface area contributed by atoms with E-state index >= 15 is 0 Å². The maximum Gasteiger partial charge on any atom is 0.293 e. The van der Waals surface area contributed by atoms with Gasteiger partial charge >= 0.3 is 0 Å². The molecule has 0 heterocycles. The summed E-state index contributed by atoms with van der Waals surface area (Å²) in [6.07, 6.45) is -1.32. The van der Waals surface area contributed by atoms with Gasteiger partial charge in [-0.1, -0.05) is 28.1 Å². The van der Waals surface area contributed by atoms with E-state index < -0.39 is 12.2 Å². The van der Waals surface area contributed by atoms with Crippen LogP contribution in [0.1, 0.15) is 18.6 Å². The Bertz CT molecular complexity index is 297. The van der Waals surface area contributed by atoms with Gasteiger partial charge in [0.2, 0.25) is 0 Å². The average Bonchev–Trinajstić information content (AvgIpc) is 2.18. The third-order valence-electron chi connectivity index (χ3n) is 1.93. The summed E-state index contributed by atoms with van der Waals surface area (Å²) in [4.78, 5) is 10.1. The summed E-state index contributed by atoms with van der Waals surface area (Å²) in [5, 5.41) is 9.71. The molecular formula is C10H11BrO3. The Hall–Kier alpha value is -0.870. The summed E-state index contributed by atoms with van der Waals surface area (Å²) in [5.41, 5.74) is 0.725. The Labute approximate surface area is 90.8 Å². The van der Waals surface area contributed by atoms with Crippen molar-refractivity contribution in [1.82, 2.24) is 0 Å². The highest BCUT2D eigenvalue weighted by atomic mass is 79.9. The maximum absolute atomic E-state index is 10.1. The number of hydrogen-bond acceptors (Lipinski definition) is 3. The van der Waals surface area contributed by atoms with E-state index in [1.165, 1.54) is 0 Å². The number of halogens is 1. The number of hydrogen-bond donors (Lipinski definition) is 1. The Balaban J connectivity index is 2.73. The second-order valence-electron chi connectivity index (χ2n) is 2.93. The molecule has 0 bridgehead atoms. The number of carbonyl (C=O) groups excluding carboxylic acids is 1. The largest absolute Gasteiger partial charge is 0.462 e. The predicted molar refractivity (Wildman–Crippen MR) is 55.7 cm³/mol. The Morgan fingerprint density at radius 2 is 2.00 bits per heavy atom. The van der Waals surface area contributed by atoms with Gasteiger partial charge in [-0.2, -0.15) is 0 Å². The van der Waals surface area contributed by atoms with E-state index in [2.05, 4.69) is 20.7 Å². The third-order valence-corrected chi connectivity index (χ3v) is 2.46. The fourth-order valence-electron chi connectivity index (χ4n) is 1.09. The molecule has 14 heavy (non-hydrogen) atoms. The molecule has 3 nitrogen and oxygen atoms in total. The summed E-state index contributed by atoms with van der Waals surface area (Å²) >= 11 is 3.29. The van der Waals surface area contributed by atoms with Crippen LogP contribution in [0.5, 0.6) is 0 Å². The normalized spacial score (nSPS) is 14.5. The van der Waals surface area contributed by atoms with Crippen molar-refractivity contribution in [3.63, 3.8) is 0 Å². The van der Waals surface area contributed by atoms with Crippen LogP contribution in [0.3, 0.4) is 0 Å². The lowest BCUT2D eigenvalue weighted by Crippen LogP contribution is -2.17. The number of ether oxygens (including phenoxy) is 1. The molecule has 0 fully saturated rings. The van der Waals surface area contributed by atoms with Gasteiger partial charge in [-0.25, -0.2) is 0 Å². The van der Waals surface area contributed by atoms with Gasteiger partial charge in [0.1, 0.15) is 12.2 Å². The fraction of sp³-hybridized carbons (Fsp3) is 0.300. The molecule has 0 spiro atoms. The van der Waals surface area contributed by atoms with Crippen molar-refractivity contribution >= 4 is 22.4 Å². The molecule has 0 amide bonds. The zero-order valence-electron chi connectivity index (χ0n) is 7.68. The molecule has 2 unspecified atom stereocenters. The van der Waals surface area contributed by atoms with Gasteiger partial charge in [0.05, 0.1) is 0 Å². The van der Waals surface area contributed by atoms with Crippen molar-refractivity contribution in [2.45, 2.75) is 19.1 Å². The van der Waals surface area contributed by atoms with Crippen LogP contribution in [0.2, 0.25) is 0 Å². The molecule has 1 N–H and O–H groups in total. The van der Waals surface area contributed by atoms with E-state index in [1.54, 1.807) is 19.1 Å². The van der Waals surface area contributed by atoms with Crippen molar-refractivity contribution in [3.05, 3.63) is 34.3 Å². The van der Waals surface area contributed by atoms with Gasteiger partial charge in [-0.3, -0.25) is 4.79 Å². The molecule has 0 aliphatic rings. The number of rotatable bonds is 4.